The standard InChI is InChI=1S/C16H13F2NO3/c1-9-15(22-14-5-3-2-4-13(14)21-9)16(20)19-12-7-10(17)6-11(18)8-12/h2-9,15H,1H3,(H,19,20)/t9-,15-/m0/s1. The Morgan fingerprint density at radius 1 is 1.05 bits per heavy atom. The van der Waals surface area contributed by atoms with E-state index in [0.29, 0.717) is 11.5 Å². The minimum atomic E-state index is -0.916. The number of ether oxygens (including phenoxy) is 2. The van der Waals surface area contributed by atoms with Crippen LogP contribution in [-0.4, -0.2) is 18.1 Å². The smallest absolute Gasteiger partial charge is 0.269 e. The van der Waals surface area contributed by atoms with Gasteiger partial charge in [0.15, 0.2) is 11.5 Å². The Balaban J connectivity index is 1.78. The molecule has 1 heterocycles. The van der Waals surface area contributed by atoms with Crippen molar-refractivity contribution in [2.45, 2.75) is 19.1 Å². The van der Waals surface area contributed by atoms with Crippen molar-refractivity contribution in [3.63, 3.8) is 0 Å². The molecule has 0 fully saturated rings. The first-order chi connectivity index (χ1) is 10.5. The van der Waals surface area contributed by atoms with Crippen LogP contribution < -0.4 is 14.8 Å². The number of anilines is 1. The minimum Gasteiger partial charge on any atom is -0.482 e. The molecule has 0 saturated carbocycles. The molecule has 1 aliphatic rings. The molecule has 114 valence electrons. The topological polar surface area (TPSA) is 47.6 Å². The quantitative estimate of drug-likeness (QED) is 0.927. The lowest BCUT2D eigenvalue weighted by Gasteiger charge is -2.31. The summed E-state index contributed by atoms with van der Waals surface area (Å²) in [6.45, 7) is 1.69. The van der Waals surface area contributed by atoms with Gasteiger partial charge >= 0.3 is 0 Å². The molecule has 0 unspecified atom stereocenters. The number of amides is 1. The van der Waals surface area contributed by atoms with E-state index < -0.39 is 29.7 Å². The van der Waals surface area contributed by atoms with Crippen molar-refractivity contribution in [3.05, 3.63) is 54.1 Å². The molecule has 0 aliphatic carbocycles. The molecule has 0 radical (unpaired) electrons. The van der Waals surface area contributed by atoms with Crippen LogP contribution in [-0.2, 0) is 4.79 Å². The Morgan fingerprint density at radius 2 is 1.64 bits per heavy atom. The average Bonchev–Trinajstić information content (AvgIpc) is 2.45. The van der Waals surface area contributed by atoms with Crippen LogP contribution in [0.1, 0.15) is 6.92 Å². The number of rotatable bonds is 2. The predicted octanol–water partition coefficient (Wildman–Crippen LogP) is 3.13. The number of benzene rings is 2. The van der Waals surface area contributed by atoms with Crippen LogP contribution in [0.5, 0.6) is 11.5 Å². The van der Waals surface area contributed by atoms with Crippen LogP contribution >= 0.6 is 0 Å². The molecule has 1 N–H and O–H groups in total. The normalized spacial score (nSPS) is 19.6. The van der Waals surface area contributed by atoms with Crippen molar-refractivity contribution in [1.82, 2.24) is 0 Å². The highest BCUT2D eigenvalue weighted by molar-refractivity contribution is 5.95. The molecule has 0 aromatic heterocycles. The lowest BCUT2D eigenvalue weighted by atomic mass is 10.1. The molecule has 2 atom stereocenters. The second kappa shape index (κ2) is 5.63. The Bertz CT molecular complexity index is 700. The number of nitrogens with one attached hydrogen (secondary N) is 1. The maximum Gasteiger partial charge on any atom is 0.269 e. The third kappa shape index (κ3) is 2.86. The Kier molecular flexibility index (Phi) is 3.66. The van der Waals surface area contributed by atoms with Gasteiger partial charge in [-0.1, -0.05) is 12.1 Å². The summed E-state index contributed by atoms with van der Waals surface area (Å²) in [5.74, 6) is -1.07. The molecule has 4 nitrogen and oxygen atoms in total. The van der Waals surface area contributed by atoms with Gasteiger partial charge in [-0.3, -0.25) is 4.79 Å². The maximum atomic E-state index is 13.1. The van der Waals surface area contributed by atoms with Crippen LogP contribution in [0.25, 0.3) is 0 Å². The maximum absolute atomic E-state index is 13.1. The molecule has 0 bridgehead atoms. The van der Waals surface area contributed by atoms with Gasteiger partial charge in [-0.05, 0) is 31.2 Å². The van der Waals surface area contributed by atoms with Crippen molar-refractivity contribution in [1.29, 1.82) is 0 Å². The van der Waals surface area contributed by atoms with Crippen LogP contribution in [0, 0.1) is 11.6 Å². The van der Waals surface area contributed by atoms with Gasteiger partial charge < -0.3 is 14.8 Å². The largest absolute Gasteiger partial charge is 0.482 e. The molecule has 2 aromatic carbocycles. The van der Waals surface area contributed by atoms with Gasteiger partial charge in [0.2, 0.25) is 6.10 Å². The summed E-state index contributed by atoms with van der Waals surface area (Å²) in [7, 11) is 0. The zero-order valence-electron chi connectivity index (χ0n) is 11.7. The predicted molar refractivity (Wildman–Crippen MR) is 75.9 cm³/mol. The van der Waals surface area contributed by atoms with Gasteiger partial charge in [0.1, 0.15) is 17.7 Å². The number of carbonyl (C=O) groups is 1. The summed E-state index contributed by atoms with van der Waals surface area (Å²) in [6.07, 6.45) is -1.45. The number of carbonyl (C=O) groups excluding carboxylic acids is 1. The van der Waals surface area contributed by atoms with Crippen LogP contribution in [0.2, 0.25) is 0 Å². The van der Waals surface area contributed by atoms with Crippen molar-refractivity contribution in [3.8, 4) is 11.5 Å². The van der Waals surface area contributed by atoms with Gasteiger partial charge in [0, 0.05) is 11.8 Å². The van der Waals surface area contributed by atoms with Crippen LogP contribution in [0.3, 0.4) is 0 Å². The first-order valence-corrected chi connectivity index (χ1v) is 6.72. The van der Waals surface area contributed by atoms with E-state index in [0.717, 1.165) is 18.2 Å². The van der Waals surface area contributed by atoms with Gasteiger partial charge in [-0.2, -0.15) is 0 Å². The third-order valence-corrected chi connectivity index (χ3v) is 3.23. The summed E-state index contributed by atoms with van der Waals surface area (Å²) in [4.78, 5) is 12.2. The third-order valence-electron chi connectivity index (χ3n) is 3.23. The van der Waals surface area contributed by atoms with E-state index in [1.165, 1.54) is 0 Å². The van der Waals surface area contributed by atoms with E-state index in [4.69, 9.17) is 9.47 Å². The van der Waals surface area contributed by atoms with E-state index in [1.807, 2.05) is 0 Å². The number of halogens is 2. The van der Waals surface area contributed by atoms with Crippen molar-refractivity contribution >= 4 is 11.6 Å². The monoisotopic (exact) mass is 305 g/mol. The van der Waals surface area contributed by atoms with Gasteiger partial charge in [-0.25, -0.2) is 8.78 Å². The fourth-order valence-electron chi connectivity index (χ4n) is 2.25. The highest BCUT2D eigenvalue weighted by Crippen LogP contribution is 2.33. The van der Waals surface area contributed by atoms with E-state index in [9.17, 15) is 13.6 Å². The Labute approximate surface area is 125 Å². The average molecular weight is 305 g/mol. The molecule has 0 spiro atoms. The fourth-order valence-corrected chi connectivity index (χ4v) is 2.25. The summed E-state index contributed by atoms with van der Waals surface area (Å²) in [5, 5.41) is 2.43. The molecular formula is C16H13F2NO3. The van der Waals surface area contributed by atoms with Gasteiger partial charge in [-0.15, -0.1) is 0 Å². The van der Waals surface area contributed by atoms with Crippen LogP contribution in [0.15, 0.2) is 42.5 Å². The van der Waals surface area contributed by atoms with Crippen molar-refractivity contribution < 1.29 is 23.0 Å². The summed E-state index contributed by atoms with van der Waals surface area (Å²) in [5.41, 5.74) is 0.0251. The molecule has 1 amide bonds. The Hall–Kier alpha value is -2.63. The molecule has 1 aliphatic heterocycles. The lowest BCUT2D eigenvalue weighted by Crippen LogP contribution is -2.46. The number of hydrogen-bond acceptors (Lipinski definition) is 3. The zero-order chi connectivity index (χ0) is 15.7. The van der Waals surface area contributed by atoms with Gasteiger partial charge in [0.25, 0.3) is 5.91 Å². The first-order valence-electron chi connectivity index (χ1n) is 6.72. The van der Waals surface area contributed by atoms with E-state index >= 15 is 0 Å². The fraction of sp³-hybridized carbons (Fsp3) is 0.188. The summed E-state index contributed by atoms with van der Waals surface area (Å²) < 4.78 is 37.5. The lowest BCUT2D eigenvalue weighted by molar-refractivity contribution is -0.128. The SMILES string of the molecule is C[C@@H]1Oc2ccccc2O[C@@H]1C(=O)Nc1cc(F)cc(F)c1. The first kappa shape index (κ1) is 14.3. The van der Waals surface area contributed by atoms with E-state index in [1.54, 1.807) is 31.2 Å². The minimum absolute atomic E-state index is 0.0251. The summed E-state index contributed by atoms with van der Waals surface area (Å²) >= 11 is 0. The highest BCUT2D eigenvalue weighted by atomic mass is 19.1. The molecule has 22 heavy (non-hydrogen) atoms. The van der Waals surface area contributed by atoms with Gasteiger partial charge in [0.05, 0.1) is 0 Å². The molecule has 6 heteroatoms. The molecular weight excluding hydrogens is 292 g/mol. The van der Waals surface area contributed by atoms with E-state index in [-0.39, 0.29) is 5.69 Å². The van der Waals surface area contributed by atoms with E-state index in [2.05, 4.69) is 5.32 Å². The second-order valence-electron chi connectivity index (χ2n) is 4.96. The number of fused-ring (bicyclic) bond motifs is 1. The van der Waals surface area contributed by atoms with Crippen molar-refractivity contribution in [2.75, 3.05) is 5.32 Å². The highest BCUT2D eigenvalue weighted by Gasteiger charge is 2.34. The number of para-hydroxylation sites is 2. The molecule has 2 aromatic rings. The zero-order valence-corrected chi connectivity index (χ0v) is 11.7. The second-order valence-corrected chi connectivity index (χ2v) is 4.96. The Morgan fingerprint density at radius 3 is 2.27 bits per heavy atom. The molecule has 0 saturated heterocycles. The van der Waals surface area contributed by atoms with Crippen LogP contribution in [0.4, 0.5) is 14.5 Å². The molecule has 3 rings (SSSR count). The number of hydrogen-bond donors (Lipinski definition) is 1. The van der Waals surface area contributed by atoms with Crippen molar-refractivity contribution in [2.24, 2.45) is 0 Å². The summed E-state index contributed by atoms with van der Waals surface area (Å²) in [6, 6.07) is 9.77.